The Labute approximate surface area is 126 Å². The van der Waals surface area contributed by atoms with Gasteiger partial charge in [-0.15, -0.1) is 0 Å². The Kier molecular flexibility index (Phi) is 4.43. The summed E-state index contributed by atoms with van der Waals surface area (Å²) in [6.07, 6.45) is 0. The number of rotatable bonds is 4. The lowest BCUT2D eigenvalue weighted by Crippen LogP contribution is -2.16. The number of nitrogens with zero attached hydrogens (tertiary/aromatic N) is 3. The molecule has 2 rings (SSSR count). The summed E-state index contributed by atoms with van der Waals surface area (Å²) in [5.41, 5.74) is 6.49. The fraction of sp³-hybridized carbons (Fsp3) is 0. The molecule has 120 valence electrons. The van der Waals surface area contributed by atoms with Crippen LogP contribution in [0.2, 0.25) is 0 Å². The minimum Gasteiger partial charge on any atom is -0.379 e. The van der Waals surface area contributed by atoms with Crippen LogP contribution in [0, 0.1) is 23.3 Å². The van der Waals surface area contributed by atoms with Gasteiger partial charge in [-0.2, -0.15) is 8.42 Å². The summed E-state index contributed by atoms with van der Waals surface area (Å²) in [4.78, 5) is 0.0358. The summed E-state index contributed by atoms with van der Waals surface area (Å²) in [6, 6.07) is 6.53. The molecule has 0 aliphatic rings. The quantitative estimate of drug-likeness (QED) is 0.209. The number of benzene rings is 2. The van der Waals surface area contributed by atoms with E-state index in [4.69, 9.17) is 5.53 Å². The van der Waals surface area contributed by atoms with E-state index in [-0.39, 0.29) is 5.75 Å². The van der Waals surface area contributed by atoms with Gasteiger partial charge < -0.3 is 4.18 Å². The highest BCUT2D eigenvalue weighted by Crippen LogP contribution is 2.33. The van der Waals surface area contributed by atoms with Crippen molar-refractivity contribution < 1.29 is 30.2 Å². The fourth-order valence-corrected chi connectivity index (χ4v) is 2.66. The van der Waals surface area contributed by atoms with Crippen LogP contribution in [0.25, 0.3) is 10.4 Å². The van der Waals surface area contributed by atoms with E-state index in [0.717, 1.165) is 12.1 Å². The molecule has 2 aromatic rings. The molecular weight excluding hydrogens is 342 g/mol. The molecular formula is C12H5F4N3O3S. The maximum Gasteiger partial charge on any atom is 0.345 e. The molecule has 0 saturated heterocycles. The van der Waals surface area contributed by atoms with E-state index in [1.54, 1.807) is 0 Å². The van der Waals surface area contributed by atoms with Crippen LogP contribution in [0.15, 0.2) is 40.3 Å². The Morgan fingerprint density at radius 2 is 1.48 bits per heavy atom. The zero-order chi connectivity index (χ0) is 17.2. The molecule has 0 saturated carbocycles. The fourth-order valence-electron chi connectivity index (χ4n) is 1.60. The maximum absolute atomic E-state index is 13.8. The average molecular weight is 347 g/mol. The van der Waals surface area contributed by atoms with Crippen LogP contribution in [-0.2, 0) is 10.1 Å². The van der Waals surface area contributed by atoms with Gasteiger partial charge in [-0.3, -0.25) is 0 Å². The van der Waals surface area contributed by atoms with Crippen LogP contribution < -0.4 is 4.18 Å². The van der Waals surface area contributed by atoms with Crippen molar-refractivity contribution in [3.05, 3.63) is 64.0 Å². The number of hydrogen-bond acceptors (Lipinski definition) is 4. The van der Waals surface area contributed by atoms with Gasteiger partial charge in [-0.1, -0.05) is 23.3 Å². The Morgan fingerprint density at radius 1 is 0.957 bits per heavy atom. The zero-order valence-corrected chi connectivity index (χ0v) is 11.7. The largest absolute Gasteiger partial charge is 0.379 e. The molecule has 0 atom stereocenters. The third kappa shape index (κ3) is 3.05. The predicted octanol–water partition coefficient (Wildman–Crippen LogP) is 3.95. The van der Waals surface area contributed by atoms with Crippen LogP contribution >= 0.6 is 0 Å². The maximum atomic E-state index is 13.8. The van der Waals surface area contributed by atoms with Crippen molar-refractivity contribution in [1.29, 1.82) is 0 Å². The van der Waals surface area contributed by atoms with Gasteiger partial charge in [-0.05, 0) is 17.7 Å². The average Bonchev–Trinajstić information content (AvgIpc) is 2.50. The Bertz CT molecular complexity index is 884. The summed E-state index contributed by atoms with van der Waals surface area (Å²) in [7, 11) is -5.22. The third-order valence-electron chi connectivity index (χ3n) is 2.54. The zero-order valence-electron chi connectivity index (χ0n) is 10.9. The minimum atomic E-state index is -5.22. The molecule has 0 unspecified atom stereocenters. The molecule has 0 radical (unpaired) electrons. The van der Waals surface area contributed by atoms with E-state index in [2.05, 4.69) is 9.30 Å². The number of azide groups is 1. The molecule has 0 aliphatic carbocycles. The van der Waals surface area contributed by atoms with E-state index in [1.165, 1.54) is 18.2 Å². The van der Waals surface area contributed by atoms with Gasteiger partial charge in [0.2, 0.25) is 0 Å². The van der Waals surface area contributed by atoms with Gasteiger partial charge in [0.1, 0.15) is 11.4 Å². The minimum absolute atomic E-state index is 0.328. The Balaban J connectivity index is 2.66. The van der Waals surface area contributed by atoms with Crippen molar-refractivity contribution in [1.82, 2.24) is 0 Å². The van der Waals surface area contributed by atoms with Gasteiger partial charge in [-0.25, -0.2) is 17.6 Å². The van der Waals surface area contributed by atoms with Crippen LogP contribution in [0.1, 0.15) is 0 Å². The molecule has 0 heterocycles. The molecule has 0 spiro atoms. The first-order chi connectivity index (χ1) is 10.8. The lowest BCUT2D eigenvalue weighted by Gasteiger charge is -2.11. The van der Waals surface area contributed by atoms with Crippen LogP contribution in [-0.4, -0.2) is 8.42 Å². The first kappa shape index (κ1) is 16.6. The van der Waals surface area contributed by atoms with Crippen molar-refractivity contribution in [2.45, 2.75) is 4.90 Å². The van der Waals surface area contributed by atoms with Crippen molar-refractivity contribution in [3.8, 4) is 5.75 Å². The highest BCUT2D eigenvalue weighted by Gasteiger charge is 2.34. The first-order valence-electron chi connectivity index (χ1n) is 5.70. The SMILES string of the molecule is [N-]=[N+]=Nc1c(F)c(F)c(S(=O)(=O)Oc2ccccc2)c(F)c1F. The second kappa shape index (κ2) is 6.15. The normalized spacial score (nSPS) is 11.0. The summed E-state index contributed by atoms with van der Waals surface area (Å²) >= 11 is 0. The highest BCUT2D eigenvalue weighted by atomic mass is 32.2. The third-order valence-corrected chi connectivity index (χ3v) is 3.81. The number of para-hydroxylation sites is 1. The van der Waals surface area contributed by atoms with Gasteiger partial charge >= 0.3 is 10.1 Å². The van der Waals surface area contributed by atoms with Gasteiger partial charge in [0, 0.05) is 4.91 Å². The van der Waals surface area contributed by atoms with Crippen LogP contribution in [0.3, 0.4) is 0 Å². The summed E-state index contributed by atoms with van der Waals surface area (Å²) in [5, 5.41) is 2.45. The smallest absolute Gasteiger partial charge is 0.345 e. The van der Waals surface area contributed by atoms with Crippen molar-refractivity contribution >= 4 is 15.8 Å². The number of halogens is 4. The summed E-state index contributed by atoms with van der Waals surface area (Å²) in [5.74, 6) is -9.16. The molecule has 0 aromatic heterocycles. The molecule has 23 heavy (non-hydrogen) atoms. The molecule has 6 nitrogen and oxygen atoms in total. The van der Waals surface area contributed by atoms with E-state index in [1.807, 2.05) is 4.91 Å². The summed E-state index contributed by atoms with van der Waals surface area (Å²) in [6.45, 7) is 0. The van der Waals surface area contributed by atoms with Gasteiger partial charge in [0.15, 0.2) is 28.2 Å². The Hall–Kier alpha value is -2.78. The van der Waals surface area contributed by atoms with Crippen molar-refractivity contribution in [2.24, 2.45) is 5.11 Å². The lowest BCUT2D eigenvalue weighted by molar-refractivity contribution is 0.408. The monoisotopic (exact) mass is 347 g/mol. The second-order valence-electron chi connectivity index (χ2n) is 3.97. The second-order valence-corrected chi connectivity index (χ2v) is 5.46. The Morgan fingerprint density at radius 3 is 1.96 bits per heavy atom. The number of hydrogen-bond donors (Lipinski definition) is 0. The first-order valence-corrected chi connectivity index (χ1v) is 7.11. The van der Waals surface area contributed by atoms with E-state index in [9.17, 15) is 26.0 Å². The summed E-state index contributed by atoms with van der Waals surface area (Å²) < 4.78 is 83.0. The van der Waals surface area contributed by atoms with E-state index < -0.39 is 44.0 Å². The molecule has 2 aromatic carbocycles. The van der Waals surface area contributed by atoms with E-state index in [0.29, 0.717) is 0 Å². The standard InChI is InChI=1S/C12H5F4N3O3S/c13-7-9(15)12(10(16)8(14)11(7)18-19-17)23(20,21)22-6-4-2-1-3-5-6/h1-5H. The molecule has 0 bridgehead atoms. The van der Waals surface area contributed by atoms with Gasteiger partial charge in [0.05, 0.1) is 0 Å². The van der Waals surface area contributed by atoms with Crippen LogP contribution in [0.5, 0.6) is 5.75 Å². The van der Waals surface area contributed by atoms with E-state index >= 15 is 0 Å². The van der Waals surface area contributed by atoms with Crippen molar-refractivity contribution in [2.75, 3.05) is 0 Å². The van der Waals surface area contributed by atoms with Crippen molar-refractivity contribution in [3.63, 3.8) is 0 Å². The van der Waals surface area contributed by atoms with Gasteiger partial charge in [0.25, 0.3) is 0 Å². The molecule has 0 amide bonds. The molecule has 0 fully saturated rings. The molecule has 0 aliphatic heterocycles. The predicted molar refractivity (Wildman–Crippen MR) is 69.3 cm³/mol. The topological polar surface area (TPSA) is 92.1 Å². The highest BCUT2D eigenvalue weighted by molar-refractivity contribution is 7.87. The van der Waals surface area contributed by atoms with Crippen LogP contribution in [0.4, 0.5) is 23.2 Å². The lowest BCUT2D eigenvalue weighted by atomic mass is 10.2. The molecule has 0 N–H and O–H groups in total. The molecule has 11 heteroatoms.